The Hall–Kier alpha value is -8.24. The highest BCUT2D eigenvalue weighted by Gasteiger charge is 2.20. The fourth-order valence-electron chi connectivity index (χ4n) is 7.71. The van der Waals surface area contributed by atoms with Crippen molar-refractivity contribution in [3.05, 3.63) is 188 Å². The van der Waals surface area contributed by atoms with E-state index < -0.39 is 24.1 Å². The molecule has 1 aliphatic heterocycles. The molecular formula is C61H56Cl8N8O11. The van der Waals surface area contributed by atoms with Crippen molar-refractivity contribution in [3.8, 4) is 40.2 Å². The lowest BCUT2D eigenvalue weighted by atomic mass is 10.1. The van der Waals surface area contributed by atoms with Crippen molar-refractivity contribution >= 4 is 162 Å². The summed E-state index contributed by atoms with van der Waals surface area (Å²) in [5.41, 5.74) is 8.01. The number of aromatic hydroxyl groups is 4. The number of hydrogen-bond acceptors (Lipinski definition) is 11. The van der Waals surface area contributed by atoms with Gasteiger partial charge in [-0.25, -0.2) is 19.2 Å². The summed E-state index contributed by atoms with van der Waals surface area (Å²) in [4.78, 5) is 48.1. The Morgan fingerprint density at radius 1 is 0.386 bits per heavy atom. The second-order valence-electron chi connectivity index (χ2n) is 19.0. The van der Waals surface area contributed by atoms with Crippen molar-refractivity contribution in [2.75, 3.05) is 56.4 Å². The first kappa shape index (κ1) is 68.9. The molecule has 8 amide bonds. The molecule has 1 aliphatic rings. The van der Waals surface area contributed by atoms with Crippen molar-refractivity contribution in [3.63, 3.8) is 0 Å². The number of halogens is 8. The Kier molecular flexibility index (Phi) is 24.3. The average molecular weight is 1360 g/mol. The molecule has 0 saturated carbocycles. The van der Waals surface area contributed by atoms with Gasteiger partial charge >= 0.3 is 24.1 Å². The number of methoxy groups -OCH3 is 1. The van der Waals surface area contributed by atoms with Gasteiger partial charge in [0, 0.05) is 55.0 Å². The van der Waals surface area contributed by atoms with Gasteiger partial charge in [0.25, 0.3) is 0 Å². The number of carbonyl (C=O) groups is 4. The van der Waals surface area contributed by atoms with Crippen LogP contribution in [0, 0.1) is 48.5 Å². The number of amides is 8. The van der Waals surface area contributed by atoms with E-state index in [4.69, 9.17) is 107 Å². The summed E-state index contributed by atoms with van der Waals surface area (Å²) >= 11 is 47.8. The zero-order chi connectivity index (χ0) is 64.8. The van der Waals surface area contributed by atoms with Gasteiger partial charge in [-0.3, -0.25) is 0 Å². The number of aryl methyl sites for hydroxylation is 3. The second kappa shape index (κ2) is 31.1. The van der Waals surface area contributed by atoms with E-state index in [1.165, 1.54) is 31.4 Å². The molecule has 0 spiro atoms. The number of carbonyl (C=O) groups excluding carboxylic acids is 4. The minimum absolute atomic E-state index is 0.0934. The summed E-state index contributed by atoms with van der Waals surface area (Å²) in [5, 5.41) is 62.5. The van der Waals surface area contributed by atoms with Gasteiger partial charge in [-0.2, -0.15) is 0 Å². The summed E-state index contributed by atoms with van der Waals surface area (Å²) < 4.78 is 15.5. The largest absolute Gasteiger partial charge is 0.504 e. The van der Waals surface area contributed by atoms with E-state index in [2.05, 4.69) is 42.5 Å². The number of hydrogen-bond donors (Lipinski definition) is 12. The highest BCUT2D eigenvalue weighted by atomic mass is 35.5. The highest BCUT2D eigenvalue weighted by molar-refractivity contribution is 6.40. The van der Waals surface area contributed by atoms with E-state index in [1.807, 2.05) is 57.2 Å². The quantitative estimate of drug-likeness (QED) is 0.0604. The van der Waals surface area contributed by atoms with Crippen LogP contribution in [-0.2, 0) is 0 Å². The smallest absolute Gasteiger partial charge is 0.323 e. The van der Waals surface area contributed by atoms with Crippen LogP contribution in [-0.4, -0.2) is 58.5 Å². The molecule has 19 nitrogen and oxygen atoms in total. The van der Waals surface area contributed by atoms with Gasteiger partial charge in [-0.15, -0.1) is 0 Å². The monoisotopic (exact) mass is 1360 g/mol. The molecule has 8 aromatic rings. The van der Waals surface area contributed by atoms with Crippen molar-refractivity contribution in [1.82, 2.24) is 0 Å². The Bertz CT molecular complexity index is 3950. The van der Waals surface area contributed by atoms with Crippen LogP contribution < -0.4 is 56.7 Å². The fraction of sp³-hybridized carbons (Fsp3) is 0.148. The van der Waals surface area contributed by atoms with E-state index in [-0.39, 0.29) is 72.6 Å². The maximum atomic E-state index is 12.1. The van der Waals surface area contributed by atoms with E-state index >= 15 is 0 Å². The summed E-state index contributed by atoms with van der Waals surface area (Å²) in [6, 6.07) is 28.6. The lowest BCUT2D eigenvalue weighted by molar-refractivity contribution is 0.174. The number of phenols is 4. The zero-order valence-corrected chi connectivity index (χ0v) is 53.8. The maximum absolute atomic E-state index is 12.1. The molecule has 12 N–H and O–H groups in total. The third-order valence-electron chi connectivity index (χ3n) is 12.8. The molecule has 0 unspecified atom stereocenters. The lowest BCUT2D eigenvalue weighted by Crippen LogP contribution is -2.20. The third-order valence-corrected chi connectivity index (χ3v) is 16.2. The van der Waals surface area contributed by atoms with Gasteiger partial charge in [0.15, 0.2) is 34.5 Å². The summed E-state index contributed by atoms with van der Waals surface area (Å²) in [7, 11) is 1.54. The third kappa shape index (κ3) is 18.0. The summed E-state index contributed by atoms with van der Waals surface area (Å²) in [5.74, 6) is 0.886. The number of benzene rings is 8. The van der Waals surface area contributed by atoms with Gasteiger partial charge in [0.05, 0.1) is 49.9 Å². The van der Waals surface area contributed by atoms with Crippen LogP contribution in [0.3, 0.4) is 0 Å². The molecular weight excluding hydrogens is 1300 g/mol. The van der Waals surface area contributed by atoms with Crippen LogP contribution in [0.15, 0.2) is 109 Å². The minimum Gasteiger partial charge on any atom is -0.504 e. The number of rotatable bonds is 9. The van der Waals surface area contributed by atoms with Crippen LogP contribution in [0.4, 0.5) is 64.7 Å². The molecule has 0 bridgehead atoms. The number of nitrogens with one attached hydrogen (secondary N) is 8. The summed E-state index contributed by atoms with van der Waals surface area (Å²) in [6.07, 6.45) is 0. The van der Waals surface area contributed by atoms with Gasteiger partial charge in [-0.1, -0.05) is 135 Å². The molecule has 0 radical (unpaired) electrons. The Morgan fingerprint density at radius 3 is 1.16 bits per heavy atom. The Labute approximate surface area is 546 Å². The predicted octanol–water partition coefficient (Wildman–Crippen LogP) is 19.3. The van der Waals surface area contributed by atoms with Crippen LogP contribution in [0.5, 0.6) is 40.2 Å². The van der Waals surface area contributed by atoms with Gasteiger partial charge < -0.3 is 77.2 Å². The number of anilines is 8. The average Bonchev–Trinajstić information content (AvgIpc) is 1.92. The molecule has 1 heterocycles. The van der Waals surface area contributed by atoms with E-state index in [9.17, 15) is 39.6 Å². The topological polar surface area (TPSA) is 273 Å². The highest BCUT2D eigenvalue weighted by Crippen LogP contribution is 2.43. The first-order valence-corrected chi connectivity index (χ1v) is 28.8. The van der Waals surface area contributed by atoms with Crippen LogP contribution in [0.1, 0.15) is 38.9 Å². The van der Waals surface area contributed by atoms with Gasteiger partial charge in [0.1, 0.15) is 5.75 Å². The molecule has 88 heavy (non-hydrogen) atoms. The second-order valence-corrected chi connectivity index (χ2v) is 22.1. The Balaban J connectivity index is 0.000000187. The number of para-hydroxylation sites is 2. The number of urea groups is 4. The molecule has 8 aromatic carbocycles. The van der Waals surface area contributed by atoms with E-state index in [1.54, 1.807) is 76.2 Å². The molecule has 0 saturated heterocycles. The van der Waals surface area contributed by atoms with Gasteiger partial charge in [0.2, 0.25) is 6.79 Å². The summed E-state index contributed by atoms with van der Waals surface area (Å²) in [6.45, 7) is 12.5. The maximum Gasteiger partial charge on any atom is 0.323 e. The number of phenolic OH excluding ortho intramolecular Hbond substituents is 4. The van der Waals surface area contributed by atoms with Crippen molar-refractivity contribution in [1.29, 1.82) is 0 Å². The molecule has 0 fully saturated rings. The van der Waals surface area contributed by atoms with Crippen molar-refractivity contribution in [2.45, 2.75) is 48.5 Å². The number of ether oxygens (including phenoxy) is 3. The lowest BCUT2D eigenvalue weighted by Gasteiger charge is -2.14. The number of fused-ring (bicyclic) bond motifs is 1. The molecule has 0 aromatic heterocycles. The fourth-order valence-corrected chi connectivity index (χ4v) is 9.53. The molecule has 27 heteroatoms. The van der Waals surface area contributed by atoms with Crippen LogP contribution in [0.25, 0.3) is 0 Å². The first-order chi connectivity index (χ1) is 41.6. The first-order valence-electron chi connectivity index (χ1n) is 25.8. The van der Waals surface area contributed by atoms with E-state index in [0.29, 0.717) is 76.7 Å². The van der Waals surface area contributed by atoms with Crippen LogP contribution >= 0.6 is 92.8 Å². The van der Waals surface area contributed by atoms with Crippen LogP contribution in [0.2, 0.25) is 40.2 Å². The predicted molar refractivity (Wildman–Crippen MR) is 355 cm³/mol. The zero-order valence-electron chi connectivity index (χ0n) is 47.8. The van der Waals surface area contributed by atoms with Crippen molar-refractivity contribution < 1.29 is 53.8 Å². The molecule has 462 valence electrons. The van der Waals surface area contributed by atoms with Crippen molar-refractivity contribution in [2.24, 2.45) is 0 Å². The Morgan fingerprint density at radius 2 is 0.739 bits per heavy atom. The van der Waals surface area contributed by atoms with E-state index in [0.717, 1.165) is 22.4 Å². The normalized spacial score (nSPS) is 10.8. The molecule has 0 atom stereocenters. The standard InChI is InChI=1S/C16H16Cl2N2O2.C15H12Cl2N2O4.C15H14Cl2N2O3.C15H14Cl2N2O2/c1-8-5-4-6-9(2)14(8)20-16(22)19-12-7-11(17)10(3)13(18)15(12)21;1-7-9(16)5-10(14(20)13(7)17)19-15(21)18-8-2-3-11-12(4-8)23-6-22-11;1-8-11(16)7-12(14(20)13(8)17)19-15(21)18-9-4-3-5-10(6-9)22-2;1-8-5-3-4-6-11(8)18-15(21)19-12-7-10(16)9(2)13(17)14(12)20/h4-7,21H,1-3H3,(H2,19,20,22);2-5,20H,6H2,1H3,(H2,18,19,21);3-7,20H,1-2H3,(H2,18,19,21);3-7,20H,1-2H3,(H2,18,19,21). The molecule has 0 aliphatic carbocycles. The van der Waals surface area contributed by atoms with Gasteiger partial charge in [-0.05, 0) is 142 Å². The SMILES string of the molecule is COc1cccc(NC(=O)Nc2cc(Cl)c(C)c(Cl)c2O)c1.Cc1c(Cl)cc(NC(=O)Nc2ccc3c(c2)OCO3)c(O)c1Cl.Cc1cccc(C)c1NC(=O)Nc1cc(Cl)c(C)c(Cl)c1O.Cc1ccccc1NC(=O)Nc1cc(Cl)c(C)c(Cl)c1O. The molecule has 9 rings (SSSR count). The minimum atomic E-state index is -0.560.